The highest BCUT2D eigenvalue weighted by Gasteiger charge is 2.14. The van der Waals surface area contributed by atoms with E-state index in [0.29, 0.717) is 12.1 Å². The van der Waals surface area contributed by atoms with Crippen LogP contribution in [0.15, 0.2) is 28.9 Å². The summed E-state index contributed by atoms with van der Waals surface area (Å²) in [7, 11) is 0. The molecule has 0 saturated heterocycles. The van der Waals surface area contributed by atoms with Crippen molar-refractivity contribution >= 4 is 11.8 Å². The summed E-state index contributed by atoms with van der Waals surface area (Å²) in [5.41, 5.74) is 1.19. The lowest BCUT2D eigenvalue weighted by Crippen LogP contribution is -2.33. The molecule has 0 saturated carbocycles. The Morgan fingerprint density at radius 3 is 2.75 bits per heavy atom. The predicted octanol–water partition coefficient (Wildman–Crippen LogP) is 3.39. The van der Waals surface area contributed by atoms with Crippen molar-refractivity contribution in [3.8, 4) is 0 Å². The van der Waals surface area contributed by atoms with Gasteiger partial charge < -0.3 is 9.73 Å². The first-order valence-electron chi connectivity index (χ1n) is 6.91. The second-order valence-electron chi connectivity index (χ2n) is 5.21. The minimum absolute atomic E-state index is 0.310. The summed E-state index contributed by atoms with van der Waals surface area (Å²) in [6, 6.07) is 4.74. The van der Waals surface area contributed by atoms with E-state index in [9.17, 15) is 0 Å². The molecule has 0 bridgehead atoms. The SMILES string of the molecule is CSCc1ccc(CN[C@H](C)[C@@H](C)n2cc(C)cn2)o1. The molecule has 2 rings (SSSR count). The molecule has 0 aliphatic carbocycles. The number of aromatic nitrogens is 2. The van der Waals surface area contributed by atoms with E-state index >= 15 is 0 Å². The Morgan fingerprint density at radius 1 is 1.35 bits per heavy atom. The maximum absolute atomic E-state index is 5.76. The molecule has 2 heterocycles. The molecule has 5 heteroatoms. The molecule has 0 spiro atoms. The van der Waals surface area contributed by atoms with Crippen molar-refractivity contribution in [2.24, 2.45) is 0 Å². The summed E-state index contributed by atoms with van der Waals surface area (Å²) in [6.07, 6.45) is 6.05. The van der Waals surface area contributed by atoms with Crippen LogP contribution in [0.5, 0.6) is 0 Å². The van der Waals surface area contributed by atoms with Gasteiger partial charge in [0, 0.05) is 12.2 Å². The molecule has 2 atom stereocenters. The van der Waals surface area contributed by atoms with Crippen LogP contribution in [0.3, 0.4) is 0 Å². The third-order valence-electron chi connectivity index (χ3n) is 3.47. The first-order chi connectivity index (χ1) is 9.60. The molecule has 0 fully saturated rings. The van der Waals surface area contributed by atoms with Crippen LogP contribution in [0.2, 0.25) is 0 Å². The molecule has 4 nitrogen and oxygen atoms in total. The number of aryl methyl sites for hydroxylation is 1. The van der Waals surface area contributed by atoms with E-state index < -0.39 is 0 Å². The number of rotatable bonds is 7. The average molecular weight is 293 g/mol. The molecule has 0 aliphatic rings. The van der Waals surface area contributed by atoms with Crippen LogP contribution in [-0.2, 0) is 12.3 Å². The molecular formula is C15H23N3OS. The molecule has 0 aliphatic heterocycles. The number of furan rings is 1. The van der Waals surface area contributed by atoms with Crippen molar-refractivity contribution in [3.63, 3.8) is 0 Å². The zero-order valence-electron chi connectivity index (χ0n) is 12.6. The maximum atomic E-state index is 5.76. The zero-order valence-corrected chi connectivity index (χ0v) is 13.4. The van der Waals surface area contributed by atoms with Crippen molar-refractivity contribution in [2.45, 2.75) is 45.2 Å². The number of nitrogens with one attached hydrogen (secondary N) is 1. The van der Waals surface area contributed by atoms with Crippen molar-refractivity contribution < 1.29 is 4.42 Å². The van der Waals surface area contributed by atoms with Crippen LogP contribution in [0.1, 0.15) is 37.0 Å². The summed E-state index contributed by atoms with van der Waals surface area (Å²) in [5, 5.41) is 7.87. The molecule has 110 valence electrons. The lowest BCUT2D eigenvalue weighted by Gasteiger charge is -2.21. The maximum Gasteiger partial charge on any atom is 0.118 e. The Bertz CT molecular complexity index is 535. The first-order valence-corrected chi connectivity index (χ1v) is 8.30. The lowest BCUT2D eigenvalue weighted by atomic mass is 10.1. The van der Waals surface area contributed by atoms with Gasteiger partial charge in [-0.15, -0.1) is 0 Å². The Labute approximate surface area is 124 Å². The highest BCUT2D eigenvalue weighted by molar-refractivity contribution is 7.97. The molecule has 0 unspecified atom stereocenters. The molecule has 20 heavy (non-hydrogen) atoms. The first kappa shape index (κ1) is 15.2. The van der Waals surface area contributed by atoms with Crippen LogP contribution >= 0.6 is 11.8 Å². The van der Waals surface area contributed by atoms with Gasteiger partial charge in [-0.1, -0.05) is 0 Å². The normalized spacial score (nSPS) is 14.4. The lowest BCUT2D eigenvalue weighted by molar-refractivity contribution is 0.349. The van der Waals surface area contributed by atoms with Crippen molar-refractivity contribution in [2.75, 3.05) is 6.26 Å². The van der Waals surface area contributed by atoms with E-state index in [4.69, 9.17) is 4.42 Å². The fourth-order valence-corrected chi connectivity index (χ4v) is 2.49. The summed E-state index contributed by atoms with van der Waals surface area (Å²) in [6.45, 7) is 7.16. The minimum atomic E-state index is 0.310. The van der Waals surface area contributed by atoms with E-state index in [1.54, 1.807) is 11.8 Å². The number of hydrogen-bond donors (Lipinski definition) is 1. The fourth-order valence-electron chi connectivity index (χ4n) is 2.05. The third-order valence-corrected chi connectivity index (χ3v) is 4.05. The van der Waals surface area contributed by atoms with E-state index in [-0.39, 0.29) is 0 Å². The van der Waals surface area contributed by atoms with Gasteiger partial charge in [-0.05, 0) is 44.7 Å². The van der Waals surface area contributed by atoms with Gasteiger partial charge in [0.25, 0.3) is 0 Å². The van der Waals surface area contributed by atoms with Gasteiger partial charge in [0.1, 0.15) is 11.5 Å². The number of hydrogen-bond acceptors (Lipinski definition) is 4. The summed E-state index contributed by atoms with van der Waals surface area (Å²) < 4.78 is 7.77. The summed E-state index contributed by atoms with van der Waals surface area (Å²) in [4.78, 5) is 0. The van der Waals surface area contributed by atoms with E-state index in [1.165, 1.54) is 5.56 Å². The Kier molecular flexibility index (Phi) is 5.31. The average Bonchev–Trinajstić information content (AvgIpc) is 3.05. The van der Waals surface area contributed by atoms with Gasteiger partial charge in [-0.25, -0.2) is 0 Å². The molecule has 0 radical (unpaired) electrons. The Balaban J connectivity index is 1.86. The smallest absolute Gasteiger partial charge is 0.118 e. The minimum Gasteiger partial charge on any atom is -0.464 e. The second-order valence-corrected chi connectivity index (χ2v) is 6.07. The zero-order chi connectivity index (χ0) is 14.5. The number of thioether (sulfide) groups is 1. The molecule has 2 aromatic rings. The van der Waals surface area contributed by atoms with Crippen molar-refractivity contribution in [3.05, 3.63) is 41.6 Å². The van der Waals surface area contributed by atoms with Gasteiger partial charge in [0.2, 0.25) is 0 Å². The fraction of sp³-hybridized carbons (Fsp3) is 0.533. The van der Waals surface area contributed by atoms with Crippen LogP contribution in [0, 0.1) is 6.92 Å². The van der Waals surface area contributed by atoms with Crippen molar-refractivity contribution in [1.29, 1.82) is 0 Å². The molecule has 0 aromatic carbocycles. The summed E-state index contributed by atoms with van der Waals surface area (Å²) >= 11 is 1.77. The molecule has 0 amide bonds. The number of nitrogens with zero attached hydrogens (tertiary/aromatic N) is 2. The summed E-state index contributed by atoms with van der Waals surface area (Å²) in [5.74, 6) is 2.96. The van der Waals surface area contributed by atoms with Crippen molar-refractivity contribution in [1.82, 2.24) is 15.1 Å². The van der Waals surface area contributed by atoms with Crippen LogP contribution in [0.4, 0.5) is 0 Å². The quantitative estimate of drug-likeness (QED) is 0.850. The molecule has 2 aromatic heterocycles. The van der Waals surface area contributed by atoms with Gasteiger partial charge in [-0.2, -0.15) is 16.9 Å². The standard InChI is InChI=1S/C15H23N3OS/c1-11-7-17-18(9-11)13(3)12(2)16-8-14-5-6-15(19-14)10-20-4/h5-7,9,12-13,16H,8,10H2,1-4H3/t12-,13-/m1/s1. The van der Waals surface area contributed by atoms with Gasteiger partial charge in [-0.3, -0.25) is 4.68 Å². The Hall–Kier alpha value is -1.20. The van der Waals surface area contributed by atoms with E-state index in [0.717, 1.165) is 23.8 Å². The van der Waals surface area contributed by atoms with Crippen LogP contribution in [0.25, 0.3) is 0 Å². The second kappa shape index (κ2) is 6.99. The van der Waals surface area contributed by atoms with Gasteiger partial charge in [0.15, 0.2) is 0 Å². The van der Waals surface area contributed by atoms with Crippen LogP contribution in [-0.4, -0.2) is 22.1 Å². The van der Waals surface area contributed by atoms with Gasteiger partial charge in [0.05, 0.1) is 24.5 Å². The monoisotopic (exact) mass is 293 g/mol. The highest BCUT2D eigenvalue weighted by Crippen LogP contribution is 2.15. The van der Waals surface area contributed by atoms with Gasteiger partial charge >= 0.3 is 0 Å². The topological polar surface area (TPSA) is 43.0 Å². The van der Waals surface area contributed by atoms with E-state index in [1.807, 2.05) is 16.9 Å². The van der Waals surface area contributed by atoms with Crippen LogP contribution < -0.4 is 5.32 Å². The third kappa shape index (κ3) is 3.90. The predicted molar refractivity (Wildman–Crippen MR) is 83.9 cm³/mol. The van der Waals surface area contributed by atoms with E-state index in [2.05, 4.69) is 49.7 Å². The Morgan fingerprint density at radius 2 is 2.10 bits per heavy atom. The largest absolute Gasteiger partial charge is 0.464 e. The molecular weight excluding hydrogens is 270 g/mol. The molecule has 1 N–H and O–H groups in total. The highest BCUT2D eigenvalue weighted by atomic mass is 32.2.